The van der Waals surface area contributed by atoms with Crippen molar-refractivity contribution >= 4 is 21.9 Å². The number of rotatable bonds is 3. The molecule has 2 rings (SSSR count). The smallest absolute Gasteiger partial charge is 0.323 e. The van der Waals surface area contributed by atoms with E-state index in [-0.39, 0.29) is 0 Å². The van der Waals surface area contributed by atoms with Crippen molar-refractivity contribution in [2.45, 2.75) is 31.8 Å². The number of carbonyl (C=O) groups is 1. The quantitative estimate of drug-likeness (QED) is 0.933. The molecular weight excluding hydrogens is 282 g/mol. The van der Waals surface area contributed by atoms with Crippen LogP contribution < -0.4 is 0 Å². The summed E-state index contributed by atoms with van der Waals surface area (Å²) >= 11 is 3.40. The predicted molar refractivity (Wildman–Crippen MR) is 69.8 cm³/mol. The highest BCUT2D eigenvalue weighted by molar-refractivity contribution is 9.10. The van der Waals surface area contributed by atoms with Gasteiger partial charge in [-0.05, 0) is 44.0 Å². The fourth-order valence-corrected chi connectivity index (χ4v) is 2.59. The Morgan fingerprint density at radius 2 is 2.12 bits per heavy atom. The number of hydrogen-bond acceptors (Lipinski definition) is 2. The normalized spacial score (nSPS) is 25.1. The average Bonchev–Trinajstić information content (AvgIpc) is 2.65. The molecule has 0 bridgehead atoms. The van der Waals surface area contributed by atoms with Gasteiger partial charge in [-0.25, -0.2) is 0 Å². The van der Waals surface area contributed by atoms with Crippen LogP contribution in [0.1, 0.15) is 25.3 Å². The van der Waals surface area contributed by atoms with Gasteiger partial charge in [-0.15, -0.1) is 0 Å². The Kier molecular flexibility index (Phi) is 3.54. The molecule has 1 aliphatic heterocycles. The number of likely N-dealkylation sites (tertiary alicyclic amines) is 1. The van der Waals surface area contributed by atoms with Crippen LogP contribution in [0.15, 0.2) is 28.7 Å². The van der Waals surface area contributed by atoms with Crippen LogP contribution in [0.4, 0.5) is 0 Å². The molecule has 1 aliphatic rings. The van der Waals surface area contributed by atoms with Crippen LogP contribution in [0.3, 0.4) is 0 Å². The van der Waals surface area contributed by atoms with Crippen molar-refractivity contribution < 1.29 is 9.90 Å². The lowest BCUT2D eigenvalue weighted by atomic mass is 9.99. The van der Waals surface area contributed by atoms with Crippen LogP contribution in [0.5, 0.6) is 0 Å². The molecule has 92 valence electrons. The zero-order valence-corrected chi connectivity index (χ0v) is 11.4. The van der Waals surface area contributed by atoms with E-state index in [2.05, 4.69) is 20.8 Å². The summed E-state index contributed by atoms with van der Waals surface area (Å²) < 4.78 is 1.05. The summed E-state index contributed by atoms with van der Waals surface area (Å²) in [5.74, 6) is -0.716. The van der Waals surface area contributed by atoms with Gasteiger partial charge in [-0.2, -0.15) is 0 Å². The number of aliphatic carboxylic acids is 1. The van der Waals surface area contributed by atoms with Crippen LogP contribution in [0, 0.1) is 0 Å². The van der Waals surface area contributed by atoms with Crippen molar-refractivity contribution in [2.75, 3.05) is 6.54 Å². The average molecular weight is 298 g/mol. The molecule has 3 nitrogen and oxygen atoms in total. The van der Waals surface area contributed by atoms with Crippen molar-refractivity contribution in [1.29, 1.82) is 0 Å². The highest BCUT2D eigenvalue weighted by Crippen LogP contribution is 2.30. The van der Waals surface area contributed by atoms with E-state index in [0.717, 1.165) is 29.4 Å². The third-order valence-corrected chi connectivity index (χ3v) is 4.07. The molecule has 4 heteroatoms. The Hall–Kier alpha value is -0.870. The third-order valence-electron chi connectivity index (χ3n) is 3.54. The molecule has 1 heterocycles. The van der Waals surface area contributed by atoms with Crippen LogP contribution in [0.2, 0.25) is 0 Å². The van der Waals surface area contributed by atoms with Gasteiger partial charge in [0.15, 0.2) is 0 Å². The van der Waals surface area contributed by atoms with E-state index in [1.54, 1.807) is 0 Å². The predicted octanol–water partition coefficient (Wildman–Crippen LogP) is 2.89. The maximum Gasteiger partial charge on any atom is 0.323 e. The van der Waals surface area contributed by atoms with E-state index in [4.69, 9.17) is 0 Å². The maximum atomic E-state index is 11.3. The molecule has 0 aliphatic carbocycles. The molecule has 17 heavy (non-hydrogen) atoms. The van der Waals surface area contributed by atoms with Crippen molar-refractivity contribution in [3.05, 3.63) is 34.3 Å². The van der Waals surface area contributed by atoms with Gasteiger partial charge in [-0.1, -0.05) is 28.1 Å². The first-order chi connectivity index (χ1) is 8.02. The zero-order chi connectivity index (χ0) is 12.5. The zero-order valence-electron chi connectivity index (χ0n) is 9.82. The molecule has 1 N–H and O–H groups in total. The first-order valence-corrected chi connectivity index (χ1v) is 6.54. The first kappa shape index (κ1) is 12.6. The molecule has 1 unspecified atom stereocenters. The van der Waals surface area contributed by atoms with Gasteiger partial charge in [0.05, 0.1) is 0 Å². The molecule has 0 radical (unpaired) electrons. The molecule has 0 amide bonds. The minimum absolute atomic E-state index is 0.701. The summed E-state index contributed by atoms with van der Waals surface area (Å²) in [7, 11) is 0. The minimum Gasteiger partial charge on any atom is -0.480 e. The monoisotopic (exact) mass is 297 g/mol. The fraction of sp³-hybridized carbons (Fsp3) is 0.462. The molecule has 1 aromatic carbocycles. The number of halogens is 1. The van der Waals surface area contributed by atoms with Gasteiger partial charge in [0, 0.05) is 11.0 Å². The van der Waals surface area contributed by atoms with Crippen LogP contribution >= 0.6 is 15.9 Å². The molecule has 1 saturated heterocycles. The molecular formula is C13H16BrNO2. The van der Waals surface area contributed by atoms with Gasteiger partial charge in [0.1, 0.15) is 5.54 Å². The van der Waals surface area contributed by atoms with E-state index >= 15 is 0 Å². The van der Waals surface area contributed by atoms with E-state index in [9.17, 15) is 9.90 Å². The minimum atomic E-state index is -0.716. The second kappa shape index (κ2) is 4.78. The Morgan fingerprint density at radius 1 is 1.47 bits per heavy atom. The Balaban J connectivity index is 2.13. The summed E-state index contributed by atoms with van der Waals surface area (Å²) in [6, 6.07) is 8.04. The lowest BCUT2D eigenvalue weighted by Crippen LogP contribution is -2.47. The molecule has 1 fully saturated rings. The van der Waals surface area contributed by atoms with Crippen LogP contribution in [-0.4, -0.2) is 28.1 Å². The van der Waals surface area contributed by atoms with Crippen molar-refractivity contribution in [3.63, 3.8) is 0 Å². The highest BCUT2D eigenvalue weighted by atomic mass is 79.9. The largest absolute Gasteiger partial charge is 0.480 e. The molecule has 0 saturated carbocycles. The summed E-state index contributed by atoms with van der Waals surface area (Å²) in [4.78, 5) is 13.4. The lowest BCUT2D eigenvalue weighted by Gasteiger charge is -2.31. The van der Waals surface area contributed by atoms with Gasteiger partial charge in [0.2, 0.25) is 0 Å². The first-order valence-electron chi connectivity index (χ1n) is 5.75. The van der Waals surface area contributed by atoms with Crippen LogP contribution in [0.25, 0.3) is 0 Å². The number of hydrogen-bond donors (Lipinski definition) is 1. The second-order valence-corrected chi connectivity index (χ2v) is 5.65. The summed E-state index contributed by atoms with van der Waals surface area (Å²) in [5.41, 5.74) is 0.454. The summed E-state index contributed by atoms with van der Waals surface area (Å²) in [5, 5.41) is 9.32. The highest BCUT2D eigenvalue weighted by Gasteiger charge is 2.42. The summed E-state index contributed by atoms with van der Waals surface area (Å²) in [6.45, 7) is 3.39. The number of benzene rings is 1. The van der Waals surface area contributed by atoms with Gasteiger partial charge in [-0.3, -0.25) is 9.69 Å². The second-order valence-electron chi connectivity index (χ2n) is 4.73. The van der Waals surface area contributed by atoms with E-state index in [1.165, 1.54) is 0 Å². The Morgan fingerprint density at radius 3 is 2.71 bits per heavy atom. The van der Waals surface area contributed by atoms with E-state index in [0.29, 0.717) is 6.54 Å². The van der Waals surface area contributed by atoms with Crippen LogP contribution in [-0.2, 0) is 11.3 Å². The molecule has 1 aromatic rings. The standard InChI is InChI=1S/C13H16BrNO2/c1-13(12(16)17)7-2-8-15(13)9-10-3-5-11(14)6-4-10/h3-6H,2,7-9H2,1H3,(H,16,17). The number of carboxylic acids is 1. The van der Waals surface area contributed by atoms with E-state index in [1.807, 2.05) is 31.2 Å². The summed E-state index contributed by atoms with van der Waals surface area (Å²) in [6.07, 6.45) is 1.69. The Labute approximate surface area is 110 Å². The van der Waals surface area contributed by atoms with Gasteiger partial charge >= 0.3 is 5.97 Å². The SMILES string of the molecule is CC1(C(=O)O)CCCN1Cc1ccc(Br)cc1. The maximum absolute atomic E-state index is 11.3. The van der Waals surface area contributed by atoms with Crippen molar-refractivity contribution in [2.24, 2.45) is 0 Å². The lowest BCUT2D eigenvalue weighted by molar-refractivity contribution is -0.148. The Bertz CT molecular complexity index is 418. The molecule has 1 atom stereocenters. The number of nitrogens with zero attached hydrogens (tertiary/aromatic N) is 1. The molecule has 0 aromatic heterocycles. The fourth-order valence-electron chi connectivity index (χ4n) is 2.32. The molecule has 0 spiro atoms. The van der Waals surface area contributed by atoms with E-state index < -0.39 is 11.5 Å². The van der Waals surface area contributed by atoms with Crippen molar-refractivity contribution in [1.82, 2.24) is 4.90 Å². The third kappa shape index (κ3) is 2.53. The van der Waals surface area contributed by atoms with Gasteiger partial charge < -0.3 is 5.11 Å². The van der Waals surface area contributed by atoms with Gasteiger partial charge in [0.25, 0.3) is 0 Å². The topological polar surface area (TPSA) is 40.5 Å². The number of carboxylic acid groups (broad SMARTS) is 1. The van der Waals surface area contributed by atoms with Crippen molar-refractivity contribution in [3.8, 4) is 0 Å².